The summed E-state index contributed by atoms with van der Waals surface area (Å²) in [4.78, 5) is 24.9. The van der Waals surface area contributed by atoms with Gasteiger partial charge in [0.15, 0.2) is 0 Å². The molecule has 11 heteroatoms. The molecular formula is C19H26N4O5S2. The van der Waals surface area contributed by atoms with Gasteiger partial charge in [-0.3, -0.25) is 4.79 Å². The number of carbonyl (C=O) groups is 2. The van der Waals surface area contributed by atoms with Crippen LogP contribution in [0.2, 0.25) is 0 Å². The molecule has 2 heterocycles. The van der Waals surface area contributed by atoms with Crippen molar-refractivity contribution in [1.29, 1.82) is 0 Å². The van der Waals surface area contributed by atoms with Crippen molar-refractivity contribution in [3.63, 3.8) is 0 Å². The molecule has 1 amide bonds. The minimum absolute atomic E-state index is 0.0533. The van der Waals surface area contributed by atoms with E-state index in [1.165, 1.54) is 17.5 Å². The number of ether oxygens (including phenoxy) is 1. The van der Waals surface area contributed by atoms with Crippen molar-refractivity contribution in [3.8, 4) is 0 Å². The van der Waals surface area contributed by atoms with Crippen LogP contribution in [0.15, 0.2) is 23.1 Å². The van der Waals surface area contributed by atoms with Crippen molar-refractivity contribution < 1.29 is 22.7 Å². The van der Waals surface area contributed by atoms with Gasteiger partial charge in [-0.15, -0.1) is 0 Å². The van der Waals surface area contributed by atoms with Crippen LogP contribution in [0, 0.1) is 11.8 Å². The van der Waals surface area contributed by atoms with Crippen LogP contribution in [0.5, 0.6) is 0 Å². The molecule has 164 valence electrons. The van der Waals surface area contributed by atoms with Crippen molar-refractivity contribution >= 4 is 44.7 Å². The van der Waals surface area contributed by atoms with Crippen molar-refractivity contribution in [2.45, 2.75) is 44.0 Å². The van der Waals surface area contributed by atoms with E-state index in [1.54, 1.807) is 12.1 Å². The first-order valence-corrected chi connectivity index (χ1v) is 12.0. The highest BCUT2D eigenvalue weighted by molar-refractivity contribution is 7.89. The molecule has 30 heavy (non-hydrogen) atoms. The molecule has 1 aliphatic rings. The minimum Gasteiger partial charge on any atom is -0.467 e. The zero-order chi connectivity index (χ0) is 21.9. The van der Waals surface area contributed by atoms with E-state index in [-0.39, 0.29) is 23.3 Å². The first-order valence-electron chi connectivity index (χ1n) is 9.83. The minimum atomic E-state index is -3.83. The Morgan fingerprint density at radius 2 is 2.10 bits per heavy atom. The number of benzene rings is 1. The first-order chi connectivity index (χ1) is 14.2. The van der Waals surface area contributed by atoms with Gasteiger partial charge in [0, 0.05) is 13.1 Å². The quantitative estimate of drug-likeness (QED) is 0.634. The summed E-state index contributed by atoms with van der Waals surface area (Å²) in [7, 11) is -2.55. The van der Waals surface area contributed by atoms with E-state index < -0.39 is 28.0 Å². The van der Waals surface area contributed by atoms with Gasteiger partial charge >= 0.3 is 5.97 Å². The molecule has 1 saturated heterocycles. The van der Waals surface area contributed by atoms with Crippen LogP contribution in [0.3, 0.4) is 0 Å². The van der Waals surface area contributed by atoms with Crippen molar-refractivity contribution in [1.82, 2.24) is 18.4 Å². The molecule has 0 saturated carbocycles. The van der Waals surface area contributed by atoms with E-state index in [2.05, 4.69) is 14.1 Å². The summed E-state index contributed by atoms with van der Waals surface area (Å²) in [6.07, 6.45) is 1.55. The molecule has 1 aliphatic heterocycles. The topological polar surface area (TPSA) is 119 Å². The van der Waals surface area contributed by atoms with Gasteiger partial charge < -0.3 is 10.1 Å². The van der Waals surface area contributed by atoms with Gasteiger partial charge in [-0.1, -0.05) is 19.9 Å². The third-order valence-corrected chi connectivity index (χ3v) is 7.57. The molecule has 0 bridgehead atoms. The third kappa shape index (κ3) is 4.79. The number of fused-ring (bicyclic) bond motifs is 1. The highest BCUT2D eigenvalue weighted by Crippen LogP contribution is 2.28. The number of nitrogens with zero attached hydrogens (tertiary/aromatic N) is 3. The Balaban J connectivity index is 1.76. The smallest absolute Gasteiger partial charge is 0.328 e. The lowest BCUT2D eigenvalue weighted by molar-refractivity contribution is -0.146. The Bertz CT molecular complexity index is 1020. The summed E-state index contributed by atoms with van der Waals surface area (Å²) in [5, 5.41) is 2.75. The van der Waals surface area contributed by atoms with E-state index in [9.17, 15) is 18.0 Å². The van der Waals surface area contributed by atoms with E-state index in [0.29, 0.717) is 36.8 Å². The van der Waals surface area contributed by atoms with E-state index in [4.69, 9.17) is 4.74 Å². The molecule has 0 aliphatic carbocycles. The normalized spacial score (nSPS) is 19.0. The lowest BCUT2D eigenvalue weighted by atomic mass is 9.97. The Kier molecular flexibility index (Phi) is 7.04. The number of aromatic nitrogens is 2. The maximum Gasteiger partial charge on any atom is 0.328 e. The highest BCUT2D eigenvalue weighted by Gasteiger charge is 2.36. The van der Waals surface area contributed by atoms with Gasteiger partial charge in [-0.05, 0) is 37.3 Å². The fourth-order valence-electron chi connectivity index (χ4n) is 3.62. The Morgan fingerprint density at radius 1 is 1.33 bits per heavy atom. The van der Waals surface area contributed by atoms with Crippen LogP contribution in [0.1, 0.15) is 33.1 Å². The number of carbonyl (C=O) groups excluding carboxylic acids is 2. The molecule has 1 aromatic heterocycles. The molecule has 3 rings (SSSR count). The van der Waals surface area contributed by atoms with Gasteiger partial charge in [0.25, 0.3) is 0 Å². The summed E-state index contributed by atoms with van der Waals surface area (Å²) < 4.78 is 40.8. The third-order valence-electron chi connectivity index (χ3n) is 5.13. The molecule has 0 spiro atoms. The summed E-state index contributed by atoms with van der Waals surface area (Å²) in [6.45, 7) is 4.28. The van der Waals surface area contributed by atoms with E-state index in [0.717, 1.165) is 11.7 Å². The average Bonchev–Trinajstić information content (AvgIpc) is 3.21. The highest BCUT2D eigenvalue weighted by atomic mass is 32.2. The second-order valence-electron chi connectivity index (χ2n) is 7.80. The number of amides is 1. The monoisotopic (exact) mass is 454 g/mol. The van der Waals surface area contributed by atoms with Crippen LogP contribution in [0.4, 0.5) is 0 Å². The van der Waals surface area contributed by atoms with Gasteiger partial charge in [-0.25, -0.2) is 13.2 Å². The largest absolute Gasteiger partial charge is 0.467 e. The molecule has 2 atom stereocenters. The van der Waals surface area contributed by atoms with Crippen LogP contribution >= 0.6 is 11.7 Å². The SMILES string of the molecule is COC(=O)[C@H](CC(C)C)NC(=O)[C@H]1CCCN(S(=O)(=O)c2cccc3nsnc23)C1. The molecule has 1 fully saturated rings. The number of nitrogens with one attached hydrogen (secondary N) is 1. The zero-order valence-electron chi connectivity index (χ0n) is 17.2. The number of rotatable bonds is 7. The summed E-state index contributed by atoms with van der Waals surface area (Å²) in [5.41, 5.74) is 0.874. The van der Waals surface area contributed by atoms with Crippen LogP contribution in [-0.2, 0) is 24.3 Å². The number of esters is 1. The predicted octanol–water partition coefficient (Wildman–Crippen LogP) is 1.80. The van der Waals surface area contributed by atoms with Crippen LogP contribution in [-0.4, -0.2) is 59.6 Å². The summed E-state index contributed by atoms with van der Waals surface area (Å²) in [5.74, 6) is -1.19. The van der Waals surface area contributed by atoms with Crippen LogP contribution < -0.4 is 5.32 Å². The lowest BCUT2D eigenvalue weighted by Gasteiger charge is -2.32. The molecule has 9 nitrogen and oxygen atoms in total. The second kappa shape index (κ2) is 9.36. The zero-order valence-corrected chi connectivity index (χ0v) is 18.8. The van der Waals surface area contributed by atoms with E-state index in [1.807, 2.05) is 13.8 Å². The molecule has 2 aromatic rings. The Labute approximate surface area is 180 Å². The van der Waals surface area contributed by atoms with E-state index >= 15 is 0 Å². The van der Waals surface area contributed by atoms with Gasteiger partial charge in [0.05, 0.1) is 24.8 Å². The number of sulfonamides is 1. The van der Waals surface area contributed by atoms with Gasteiger partial charge in [-0.2, -0.15) is 13.1 Å². The van der Waals surface area contributed by atoms with Crippen LogP contribution in [0.25, 0.3) is 11.0 Å². The number of piperidine rings is 1. The van der Waals surface area contributed by atoms with Crippen molar-refractivity contribution in [2.75, 3.05) is 20.2 Å². The summed E-state index contributed by atoms with van der Waals surface area (Å²) >= 11 is 0.961. The molecular weight excluding hydrogens is 428 g/mol. The standard InChI is InChI=1S/C19H26N4O5S2/c1-12(2)10-15(19(25)28-3)20-18(24)13-6-5-9-23(11-13)30(26,27)16-8-4-7-14-17(16)22-29-21-14/h4,7-8,12-13,15H,5-6,9-11H2,1-3H3,(H,20,24)/t13-,15-/m0/s1. The summed E-state index contributed by atoms with van der Waals surface area (Å²) in [6, 6.07) is 4.12. The number of methoxy groups -OCH3 is 1. The maximum atomic E-state index is 13.2. The number of hydrogen-bond donors (Lipinski definition) is 1. The first kappa shape index (κ1) is 22.6. The molecule has 0 unspecified atom stereocenters. The van der Waals surface area contributed by atoms with Gasteiger partial charge in [0.1, 0.15) is 22.0 Å². The number of hydrogen-bond acceptors (Lipinski definition) is 8. The lowest BCUT2D eigenvalue weighted by Crippen LogP contribution is -2.49. The molecule has 1 N–H and O–H groups in total. The average molecular weight is 455 g/mol. The van der Waals surface area contributed by atoms with Crippen molar-refractivity contribution in [3.05, 3.63) is 18.2 Å². The Hall–Kier alpha value is -2.11. The second-order valence-corrected chi connectivity index (χ2v) is 10.2. The fraction of sp³-hybridized carbons (Fsp3) is 0.579. The Morgan fingerprint density at radius 3 is 2.80 bits per heavy atom. The van der Waals surface area contributed by atoms with Crippen molar-refractivity contribution in [2.24, 2.45) is 11.8 Å². The fourth-order valence-corrected chi connectivity index (χ4v) is 5.90. The molecule has 0 radical (unpaired) electrons. The predicted molar refractivity (Wildman–Crippen MR) is 112 cm³/mol. The molecule has 1 aromatic carbocycles. The van der Waals surface area contributed by atoms with Gasteiger partial charge in [0.2, 0.25) is 15.9 Å². The maximum absolute atomic E-state index is 13.2.